The first-order valence-electron chi connectivity index (χ1n) is 5.24. The molecule has 2 N–H and O–H groups in total. The Labute approximate surface area is 84.9 Å². The van der Waals surface area contributed by atoms with Crippen molar-refractivity contribution in [2.24, 2.45) is 0 Å². The van der Waals surface area contributed by atoms with E-state index in [4.69, 9.17) is 0 Å². The summed E-state index contributed by atoms with van der Waals surface area (Å²) in [4.78, 5) is 4.34. The maximum Gasteiger partial charge on any atom is 0.0570 e. The van der Waals surface area contributed by atoms with Gasteiger partial charge in [0.05, 0.1) is 5.69 Å². The zero-order valence-electron chi connectivity index (χ0n) is 8.53. The van der Waals surface area contributed by atoms with Gasteiger partial charge >= 0.3 is 0 Å². The van der Waals surface area contributed by atoms with E-state index in [0.29, 0.717) is 12.1 Å². The minimum absolute atomic E-state index is 0.348. The van der Waals surface area contributed by atoms with Crippen LogP contribution in [-0.2, 0) is 0 Å². The molecule has 1 aromatic heterocycles. The van der Waals surface area contributed by atoms with E-state index in [-0.39, 0.29) is 0 Å². The zero-order chi connectivity index (χ0) is 9.80. The highest BCUT2D eigenvalue weighted by atomic mass is 15.0. The van der Waals surface area contributed by atoms with Crippen LogP contribution in [0.2, 0.25) is 0 Å². The van der Waals surface area contributed by atoms with Crippen molar-refractivity contribution in [2.45, 2.75) is 25.4 Å². The molecule has 14 heavy (non-hydrogen) atoms. The van der Waals surface area contributed by atoms with Crippen LogP contribution in [0.1, 0.15) is 25.1 Å². The average Bonchev–Trinajstić information content (AvgIpc) is 2.72. The third-order valence-electron chi connectivity index (χ3n) is 2.68. The summed E-state index contributed by atoms with van der Waals surface area (Å²) in [7, 11) is 0. The number of rotatable bonds is 3. The predicted octanol–water partition coefficient (Wildman–Crippen LogP) is 1.09. The van der Waals surface area contributed by atoms with Gasteiger partial charge in [-0.15, -0.1) is 0 Å². The number of hydrogen-bond acceptors (Lipinski definition) is 3. The van der Waals surface area contributed by atoms with Crippen LogP contribution in [0.4, 0.5) is 0 Å². The predicted molar refractivity (Wildman–Crippen MR) is 57.1 cm³/mol. The lowest BCUT2D eigenvalue weighted by Gasteiger charge is -2.17. The molecule has 2 heterocycles. The van der Waals surface area contributed by atoms with Gasteiger partial charge in [-0.05, 0) is 32.0 Å². The molecule has 0 spiro atoms. The normalized spacial score (nSPS) is 23.6. The Bertz CT molecular complexity index is 267. The number of hydrogen-bond donors (Lipinski definition) is 2. The van der Waals surface area contributed by atoms with Crippen LogP contribution >= 0.6 is 0 Å². The molecule has 1 aromatic rings. The Hall–Kier alpha value is -0.930. The molecule has 1 aliphatic rings. The maximum atomic E-state index is 4.34. The molecule has 76 valence electrons. The highest BCUT2D eigenvalue weighted by Gasteiger charge is 2.17. The van der Waals surface area contributed by atoms with Crippen LogP contribution < -0.4 is 10.6 Å². The summed E-state index contributed by atoms with van der Waals surface area (Å²) < 4.78 is 0. The molecule has 0 radical (unpaired) electrons. The van der Waals surface area contributed by atoms with Crippen molar-refractivity contribution in [3.05, 3.63) is 30.1 Å². The van der Waals surface area contributed by atoms with Crippen molar-refractivity contribution < 1.29 is 0 Å². The number of nitrogens with one attached hydrogen (secondary N) is 2. The Morgan fingerprint density at radius 3 is 3.14 bits per heavy atom. The third kappa shape index (κ3) is 2.30. The van der Waals surface area contributed by atoms with Gasteiger partial charge < -0.3 is 10.6 Å². The third-order valence-corrected chi connectivity index (χ3v) is 2.68. The summed E-state index contributed by atoms with van der Waals surface area (Å²) in [5.74, 6) is 0. The van der Waals surface area contributed by atoms with Gasteiger partial charge in [-0.2, -0.15) is 0 Å². The van der Waals surface area contributed by atoms with Crippen molar-refractivity contribution >= 4 is 0 Å². The van der Waals surface area contributed by atoms with Crippen molar-refractivity contribution in [3.63, 3.8) is 0 Å². The van der Waals surface area contributed by atoms with Crippen molar-refractivity contribution in [3.8, 4) is 0 Å². The number of nitrogens with zero attached hydrogens (tertiary/aromatic N) is 1. The molecule has 0 amide bonds. The topological polar surface area (TPSA) is 37.0 Å². The Morgan fingerprint density at radius 1 is 1.57 bits per heavy atom. The van der Waals surface area contributed by atoms with E-state index in [1.807, 2.05) is 18.3 Å². The van der Waals surface area contributed by atoms with Crippen molar-refractivity contribution in [2.75, 3.05) is 13.1 Å². The number of aromatic nitrogens is 1. The molecule has 2 rings (SSSR count). The highest BCUT2D eigenvalue weighted by Crippen LogP contribution is 2.10. The van der Waals surface area contributed by atoms with Crippen molar-refractivity contribution in [1.29, 1.82) is 0 Å². The standard InChI is InChI=1S/C11H17N3/c1-9(11-4-2-3-6-13-11)14-10-5-7-12-8-10/h2-4,6,9-10,12,14H,5,7-8H2,1H3/t9-,10-/m1/s1. The molecular formula is C11H17N3. The molecule has 0 saturated carbocycles. The SMILES string of the molecule is C[C@@H](N[C@@H]1CCNC1)c1ccccn1. The molecule has 1 aliphatic heterocycles. The molecule has 3 heteroatoms. The molecule has 0 aliphatic carbocycles. The van der Waals surface area contributed by atoms with Gasteiger partial charge in [0, 0.05) is 24.8 Å². The fourth-order valence-electron chi connectivity index (χ4n) is 1.87. The molecule has 1 fully saturated rings. The monoisotopic (exact) mass is 191 g/mol. The van der Waals surface area contributed by atoms with Crippen LogP contribution in [0.3, 0.4) is 0 Å². The van der Waals surface area contributed by atoms with Crippen molar-refractivity contribution in [1.82, 2.24) is 15.6 Å². The first-order valence-corrected chi connectivity index (χ1v) is 5.24. The fourth-order valence-corrected chi connectivity index (χ4v) is 1.87. The van der Waals surface area contributed by atoms with E-state index < -0.39 is 0 Å². The van der Waals surface area contributed by atoms with Gasteiger partial charge in [0.1, 0.15) is 0 Å². The van der Waals surface area contributed by atoms with Gasteiger partial charge in [-0.25, -0.2) is 0 Å². The van der Waals surface area contributed by atoms with Gasteiger partial charge in [0.2, 0.25) is 0 Å². The van der Waals surface area contributed by atoms with E-state index in [1.54, 1.807) is 0 Å². The summed E-state index contributed by atoms with van der Waals surface area (Å²) >= 11 is 0. The largest absolute Gasteiger partial charge is 0.315 e. The fraction of sp³-hybridized carbons (Fsp3) is 0.545. The second-order valence-corrected chi connectivity index (χ2v) is 3.83. The Balaban J connectivity index is 1.92. The van der Waals surface area contributed by atoms with E-state index >= 15 is 0 Å². The molecule has 0 aromatic carbocycles. The van der Waals surface area contributed by atoms with Gasteiger partial charge in [0.25, 0.3) is 0 Å². The second kappa shape index (κ2) is 4.53. The lowest BCUT2D eigenvalue weighted by atomic mass is 10.1. The van der Waals surface area contributed by atoms with E-state index in [0.717, 1.165) is 18.8 Å². The minimum Gasteiger partial charge on any atom is -0.315 e. The smallest absolute Gasteiger partial charge is 0.0570 e. The van der Waals surface area contributed by atoms with E-state index in [1.165, 1.54) is 6.42 Å². The lowest BCUT2D eigenvalue weighted by molar-refractivity contribution is 0.471. The summed E-state index contributed by atoms with van der Waals surface area (Å²) in [5.41, 5.74) is 1.12. The van der Waals surface area contributed by atoms with Crippen LogP contribution in [0.5, 0.6) is 0 Å². The molecule has 0 unspecified atom stereocenters. The summed E-state index contributed by atoms with van der Waals surface area (Å²) in [5, 5.41) is 6.92. The van der Waals surface area contributed by atoms with Crippen LogP contribution in [0.25, 0.3) is 0 Å². The minimum atomic E-state index is 0.348. The van der Waals surface area contributed by atoms with E-state index in [2.05, 4.69) is 28.6 Å². The van der Waals surface area contributed by atoms with Gasteiger partial charge in [-0.1, -0.05) is 6.07 Å². The second-order valence-electron chi connectivity index (χ2n) is 3.83. The first-order chi connectivity index (χ1) is 6.86. The summed E-state index contributed by atoms with van der Waals surface area (Å²) in [6.45, 7) is 4.38. The Kier molecular flexibility index (Phi) is 3.11. The van der Waals surface area contributed by atoms with E-state index in [9.17, 15) is 0 Å². The molecule has 3 nitrogen and oxygen atoms in total. The summed E-state index contributed by atoms with van der Waals surface area (Å²) in [6, 6.07) is 7.01. The molecule has 0 bridgehead atoms. The van der Waals surface area contributed by atoms with Crippen LogP contribution in [0.15, 0.2) is 24.4 Å². The maximum absolute atomic E-state index is 4.34. The quantitative estimate of drug-likeness (QED) is 0.751. The first kappa shape index (κ1) is 9.62. The lowest BCUT2D eigenvalue weighted by Crippen LogP contribution is -2.33. The number of pyridine rings is 1. The Morgan fingerprint density at radius 2 is 2.50 bits per heavy atom. The van der Waals surface area contributed by atoms with Crippen LogP contribution in [-0.4, -0.2) is 24.1 Å². The zero-order valence-corrected chi connectivity index (χ0v) is 8.53. The summed E-state index contributed by atoms with van der Waals surface area (Å²) in [6.07, 6.45) is 3.07. The van der Waals surface area contributed by atoms with Crippen LogP contribution in [0, 0.1) is 0 Å². The highest BCUT2D eigenvalue weighted by molar-refractivity contribution is 5.08. The average molecular weight is 191 g/mol. The molecule has 2 atom stereocenters. The molecular weight excluding hydrogens is 174 g/mol. The molecule has 1 saturated heterocycles. The van der Waals surface area contributed by atoms with Gasteiger partial charge in [0.15, 0.2) is 0 Å². The van der Waals surface area contributed by atoms with Gasteiger partial charge in [-0.3, -0.25) is 4.98 Å².